The minimum absolute atomic E-state index is 0.0812. The van der Waals surface area contributed by atoms with Gasteiger partial charge in [-0.1, -0.05) is 27.7 Å². The topological polar surface area (TPSA) is 57.6 Å². The van der Waals surface area contributed by atoms with Crippen LogP contribution in [0.3, 0.4) is 0 Å². The summed E-state index contributed by atoms with van der Waals surface area (Å²) >= 11 is 0. The van der Waals surface area contributed by atoms with Crippen LogP contribution >= 0.6 is 0 Å². The molecule has 0 aliphatic carbocycles. The third-order valence-electron chi connectivity index (χ3n) is 4.27. The van der Waals surface area contributed by atoms with Gasteiger partial charge in [-0.05, 0) is 25.7 Å². The minimum atomic E-state index is -0.915. The van der Waals surface area contributed by atoms with Crippen molar-refractivity contribution in [3.8, 4) is 0 Å². The Morgan fingerprint density at radius 3 is 1.89 bits per heavy atom. The molecule has 1 amide bonds. The Morgan fingerprint density at radius 1 is 1.17 bits per heavy atom. The first-order valence-corrected chi connectivity index (χ1v) is 6.70. The quantitative estimate of drug-likeness (QED) is 0.763. The van der Waals surface area contributed by atoms with Crippen molar-refractivity contribution in [2.24, 2.45) is 11.3 Å². The van der Waals surface area contributed by atoms with Gasteiger partial charge in [0.1, 0.15) is 0 Å². The van der Waals surface area contributed by atoms with Crippen molar-refractivity contribution in [3.63, 3.8) is 0 Å². The van der Waals surface area contributed by atoms with Crippen LogP contribution in [0.25, 0.3) is 0 Å². The lowest BCUT2D eigenvalue weighted by Gasteiger charge is -2.32. The Bertz CT molecular complexity index is 295. The maximum Gasteiger partial charge on any atom is 0.310 e. The fraction of sp³-hybridized carbons (Fsp3) is 0.857. The average molecular weight is 257 g/mol. The van der Waals surface area contributed by atoms with Crippen LogP contribution < -0.4 is 0 Å². The van der Waals surface area contributed by atoms with E-state index in [0.29, 0.717) is 18.8 Å². The van der Waals surface area contributed by atoms with E-state index in [1.54, 1.807) is 11.9 Å². The van der Waals surface area contributed by atoms with Crippen LogP contribution in [-0.2, 0) is 9.59 Å². The summed E-state index contributed by atoms with van der Waals surface area (Å²) in [6, 6.07) is 0.123. The number of amides is 1. The highest BCUT2D eigenvalue weighted by Gasteiger charge is 2.38. The molecule has 4 nitrogen and oxygen atoms in total. The molecule has 0 aromatic heterocycles. The number of carboxylic acids is 1. The molecular weight excluding hydrogens is 230 g/mol. The zero-order valence-electron chi connectivity index (χ0n) is 12.5. The van der Waals surface area contributed by atoms with E-state index in [1.165, 1.54) is 0 Å². The van der Waals surface area contributed by atoms with Crippen molar-refractivity contribution < 1.29 is 14.7 Å². The standard InChI is InChI=1S/C14H27NO3/c1-7-14(8-2,13(17)18)9-12(16)15(6)11(5)10(3)4/h10-11H,7-9H2,1-6H3,(H,17,18). The summed E-state index contributed by atoms with van der Waals surface area (Å²) in [7, 11) is 1.75. The maximum atomic E-state index is 12.2. The summed E-state index contributed by atoms with van der Waals surface area (Å²) in [4.78, 5) is 25.2. The van der Waals surface area contributed by atoms with Crippen LogP contribution in [-0.4, -0.2) is 35.0 Å². The molecule has 0 bridgehead atoms. The van der Waals surface area contributed by atoms with Crippen LogP contribution in [0.4, 0.5) is 0 Å². The second-order valence-corrected chi connectivity index (χ2v) is 5.46. The van der Waals surface area contributed by atoms with Gasteiger partial charge < -0.3 is 10.0 Å². The highest BCUT2D eigenvalue weighted by molar-refractivity contribution is 5.85. The Labute approximate surface area is 110 Å². The SMILES string of the molecule is CCC(CC)(CC(=O)N(C)C(C)C(C)C)C(=O)O. The van der Waals surface area contributed by atoms with E-state index < -0.39 is 11.4 Å². The molecule has 0 saturated carbocycles. The molecule has 4 heteroatoms. The van der Waals surface area contributed by atoms with E-state index in [-0.39, 0.29) is 18.4 Å². The highest BCUT2D eigenvalue weighted by Crippen LogP contribution is 2.32. The van der Waals surface area contributed by atoms with E-state index in [9.17, 15) is 14.7 Å². The molecule has 0 spiro atoms. The second-order valence-electron chi connectivity index (χ2n) is 5.46. The number of aliphatic carboxylic acids is 1. The van der Waals surface area contributed by atoms with Crippen molar-refractivity contribution in [1.82, 2.24) is 4.90 Å². The third-order valence-corrected chi connectivity index (χ3v) is 4.27. The second kappa shape index (κ2) is 6.76. The molecule has 0 fully saturated rings. The molecule has 0 saturated heterocycles. The summed E-state index contributed by atoms with van der Waals surface area (Å²) in [5.74, 6) is -0.588. The first kappa shape index (κ1) is 16.9. The average Bonchev–Trinajstić information content (AvgIpc) is 2.33. The van der Waals surface area contributed by atoms with Gasteiger partial charge in [-0.25, -0.2) is 0 Å². The van der Waals surface area contributed by atoms with Gasteiger partial charge in [0, 0.05) is 19.5 Å². The van der Waals surface area contributed by atoms with Crippen molar-refractivity contribution in [2.45, 2.75) is 59.9 Å². The zero-order chi connectivity index (χ0) is 14.5. The Morgan fingerprint density at radius 2 is 1.61 bits per heavy atom. The molecule has 1 N–H and O–H groups in total. The number of carbonyl (C=O) groups excluding carboxylic acids is 1. The summed E-state index contributed by atoms with van der Waals surface area (Å²) in [5.41, 5.74) is -0.915. The van der Waals surface area contributed by atoms with Gasteiger partial charge in [-0.15, -0.1) is 0 Å². The van der Waals surface area contributed by atoms with Gasteiger partial charge in [0.2, 0.25) is 5.91 Å². The van der Waals surface area contributed by atoms with Crippen LogP contribution in [0.1, 0.15) is 53.9 Å². The normalized spacial score (nSPS) is 13.5. The lowest BCUT2D eigenvalue weighted by molar-refractivity contribution is -0.154. The van der Waals surface area contributed by atoms with Crippen LogP contribution in [0.15, 0.2) is 0 Å². The van der Waals surface area contributed by atoms with Crippen LogP contribution in [0, 0.1) is 11.3 Å². The fourth-order valence-corrected chi connectivity index (χ4v) is 1.97. The lowest BCUT2D eigenvalue weighted by Crippen LogP contribution is -2.42. The largest absolute Gasteiger partial charge is 0.481 e. The molecule has 0 heterocycles. The number of hydrogen-bond acceptors (Lipinski definition) is 2. The van der Waals surface area contributed by atoms with E-state index >= 15 is 0 Å². The molecule has 1 unspecified atom stereocenters. The maximum absolute atomic E-state index is 12.2. The van der Waals surface area contributed by atoms with Crippen molar-refractivity contribution >= 4 is 11.9 Å². The summed E-state index contributed by atoms with van der Waals surface area (Å²) < 4.78 is 0. The van der Waals surface area contributed by atoms with Gasteiger partial charge in [0.05, 0.1) is 5.41 Å². The van der Waals surface area contributed by atoms with E-state index in [0.717, 1.165) is 0 Å². The highest BCUT2D eigenvalue weighted by atomic mass is 16.4. The van der Waals surface area contributed by atoms with Crippen molar-refractivity contribution in [3.05, 3.63) is 0 Å². The molecule has 106 valence electrons. The summed E-state index contributed by atoms with van der Waals surface area (Å²) in [6.07, 6.45) is 1.05. The van der Waals surface area contributed by atoms with Gasteiger partial charge in [0.25, 0.3) is 0 Å². The van der Waals surface area contributed by atoms with Gasteiger partial charge in [-0.3, -0.25) is 9.59 Å². The minimum Gasteiger partial charge on any atom is -0.481 e. The van der Waals surface area contributed by atoms with Gasteiger partial charge >= 0.3 is 5.97 Å². The monoisotopic (exact) mass is 257 g/mol. The molecule has 0 radical (unpaired) electrons. The lowest BCUT2D eigenvalue weighted by atomic mass is 9.78. The predicted octanol–water partition coefficient (Wildman–Crippen LogP) is 2.77. The molecule has 0 aromatic carbocycles. The van der Waals surface area contributed by atoms with Crippen molar-refractivity contribution in [1.29, 1.82) is 0 Å². The summed E-state index contributed by atoms with van der Waals surface area (Å²) in [6.45, 7) is 9.76. The van der Waals surface area contributed by atoms with Crippen molar-refractivity contribution in [2.75, 3.05) is 7.05 Å². The van der Waals surface area contributed by atoms with E-state index in [4.69, 9.17) is 0 Å². The molecule has 0 aromatic rings. The predicted molar refractivity (Wildman–Crippen MR) is 72.3 cm³/mol. The van der Waals surface area contributed by atoms with E-state index in [1.807, 2.05) is 20.8 Å². The van der Waals surface area contributed by atoms with Gasteiger partial charge in [0.15, 0.2) is 0 Å². The van der Waals surface area contributed by atoms with E-state index in [2.05, 4.69) is 13.8 Å². The van der Waals surface area contributed by atoms with Crippen LogP contribution in [0.2, 0.25) is 0 Å². The first-order chi connectivity index (χ1) is 8.21. The molecular formula is C14H27NO3. The number of rotatable bonds is 7. The Balaban J connectivity index is 4.86. The number of carboxylic acid groups (broad SMARTS) is 1. The third kappa shape index (κ3) is 3.72. The summed E-state index contributed by atoms with van der Waals surface area (Å²) in [5, 5.41) is 9.33. The van der Waals surface area contributed by atoms with Crippen LogP contribution in [0.5, 0.6) is 0 Å². The zero-order valence-corrected chi connectivity index (χ0v) is 12.5. The molecule has 1 atom stereocenters. The Hall–Kier alpha value is -1.06. The Kier molecular flexibility index (Phi) is 6.36. The number of nitrogens with zero attached hydrogens (tertiary/aromatic N) is 1. The smallest absolute Gasteiger partial charge is 0.310 e. The fourth-order valence-electron chi connectivity index (χ4n) is 1.97. The molecule has 0 aliphatic heterocycles. The number of hydrogen-bond donors (Lipinski definition) is 1. The molecule has 0 aliphatic rings. The molecule has 18 heavy (non-hydrogen) atoms. The number of carbonyl (C=O) groups is 2. The van der Waals surface area contributed by atoms with Gasteiger partial charge in [-0.2, -0.15) is 0 Å². The first-order valence-electron chi connectivity index (χ1n) is 6.70. The molecule has 0 rings (SSSR count).